The van der Waals surface area contributed by atoms with E-state index in [2.05, 4.69) is 18.7 Å². The second-order valence-corrected chi connectivity index (χ2v) is 4.22. The smallest absolute Gasteiger partial charge is 0.00385 e. The topological polar surface area (TPSA) is 3.24 Å². The van der Waals surface area contributed by atoms with Crippen molar-refractivity contribution in [3.63, 3.8) is 0 Å². The third-order valence-electron chi connectivity index (χ3n) is 3.56. The Morgan fingerprint density at radius 3 is 2.70 bits per heavy atom. The Morgan fingerprint density at radius 2 is 2.40 bits per heavy atom. The van der Waals surface area contributed by atoms with E-state index >= 15 is 0 Å². The Kier molecular flexibility index (Phi) is 1.31. The van der Waals surface area contributed by atoms with E-state index in [1.54, 1.807) is 0 Å². The van der Waals surface area contributed by atoms with Crippen LogP contribution in [0.5, 0.6) is 0 Å². The first-order chi connectivity index (χ1) is 4.74. The second-order valence-electron chi connectivity index (χ2n) is 4.22. The van der Waals surface area contributed by atoms with E-state index in [0.29, 0.717) is 0 Å². The van der Waals surface area contributed by atoms with Gasteiger partial charge < -0.3 is 4.90 Å². The molecule has 0 aromatic heterocycles. The molecule has 2 rings (SSSR count). The van der Waals surface area contributed by atoms with Crippen molar-refractivity contribution < 1.29 is 0 Å². The van der Waals surface area contributed by atoms with Gasteiger partial charge in [0.2, 0.25) is 0 Å². The molecule has 10 heavy (non-hydrogen) atoms. The minimum Gasteiger partial charge on any atom is -0.303 e. The molecule has 0 aromatic carbocycles. The van der Waals surface area contributed by atoms with Crippen molar-refractivity contribution in [2.45, 2.75) is 26.7 Å². The molecule has 0 N–H and O–H groups in total. The first-order valence-electron chi connectivity index (χ1n) is 4.47. The number of likely N-dealkylation sites (tertiary alicyclic amines) is 1. The van der Waals surface area contributed by atoms with Crippen molar-refractivity contribution in [1.82, 2.24) is 4.90 Å². The molecule has 1 nitrogen and oxygen atoms in total. The van der Waals surface area contributed by atoms with Gasteiger partial charge in [0.05, 0.1) is 0 Å². The molecule has 0 amide bonds. The molecule has 2 atom stereocenters. The largest absolute Gasteiger partial charge is 0.303 e. The van der Waals surface area contributed by atoms with Crippen LogP contribution in [0.3, 0.4) is 0 Å². The van der Waals surface area contributed by atoms with Crippen LogP contribution in [-0.2, 0) is 0 Å². The molecule has 2 fully saturated rings. The van der Waals surface area contributed by atoms with Crippen LogP contribution in [0.1, 0.15) is 26.7 Å². The van der Waals surface area contributed by atoms with Crippen molar-refractivity contribution in [2.24, 2.45) is 11.3 Å². The number of nitrogens with zero attached hydrogens (tertiary/aromatic N) is 1. The molecule has 2 unspecified atom stereocenters. The van der Waals surface area contributed by atoms with Crippen molar-refractivity contribution >= 4 is 0 Å². The minimum atomic E-state index is 0.732. The molecular formula is C9H17N. The molecule has 1 heteroatoms. The first kappa shape index (κ1) is 6.66. The fourth-order valence-electron chi connectivity index (χ4n) is 2.49. The molecule has 58 valence electrons. The molecule has 1 aliphatic heterocycles. The lowest BCUT2D eigenvalue weighted by molar-refractivity contribution is 0.109. The lowest BCUT2D eigenvalue weighted by Crippen LogP contribution is -2.35. The van der Waals surface area contributed by atoms with Gasteiger partial charge in [-0.05, 0) is 30.7 Å². The van der Waals surface area contributed by atoms with Crippen molar-refractivity contribution in [3.8, 4) is 0 Å². The van der Waals surface area contributed by atoms with Crippen LogP contribution in [0, 0.1) is 11.3 Å². The van der Waals surface area contributed by atoms with E-state index < -0.39 is 0 Å². The predicted molar refractivity (Wildman–Crippen MR) is 42.9 cm³/mol. The van der Waals surface area contributed by atoms with E-state index in [-0.39, 0.29) is 0 Å². The molecule has 2 aliphatic rings. The summed E-state index contributed by atoms with van der Waals surface area (Å²) in [5.41, 5.74) is 0.732. The van der Waals surface area contributed by atoms with Crippen LogP contribution >= 0.6 is 0 Å². The molecule has 1 aliphatic carbocycles. The van der Waals surface area contributed by atoms with Crippen molar-refractivity contribution in [3.05, 3.63) is 0 Å². The van der Waals surface area contributed by atoms with Crippen LogP contribution in [-0.4, -0.2) is 24.5 Å². The van der Waals surface area contributed by atoms with Gasteiger partial charge in [0.25, 0.3) is 0 Å². The molecule has 0 bridgehead atoms. The van der Waals surface area contributed by atoms with Crippen LogP contribution in [0.25, 0.3) is 0 Å². The van der Waals surface area contributed by atoms with Gasteiger partial charge in [-0.15, -0.1) is 0 Å². The van der Waals surface area contributed by atoms with Gasteiger partial charge in [0.15, 0.2) is 0 Å². The van der Waals surface area contributed by atoms with Crippen molar-refractivity contribution in [1.29, 1.82) is 0 Å². The molecule has 1 heterocycles. The zero-order valence-corrected chi connectivity index (χ0v) is 7.06. The summed E-state index contributed by atoms with van der Waals surface area (Å²) in [6.45, 7) is 8.73. The quantitative estimate of drug-likeness (QED) is 0.535. The third kappa shape index (κ3) is 0.731. The summed E-state index contributed by atoms with van der Waals surface area (Å²) in [5.74, 6) is 1.05. The third-order valence-corrected chi connectivity index (χ3v) is 3.56. The van der Waals surface area contributed by atoms with Gasteiger partial charge in [-0.3, -0.25) is 0 Å². The summed E-state index contributed by atoms with van der Waals surface area (Å²) in [5, 5.41) is 0. The fraction of sp³-hybridized carbons (Fsp3) is 1.00. The number of rotatable bonds is 1. The highest BCUT2D eigenvalue weighted by Gasteiger charge is 2.48. The monoisotopic (exact) mass is 139 g/mol. The summed E-state index contributed by atoms with van der Waals surface area (Å²) >= 11 is 0. The van der Waals surface area contributed by atoms with Gasteiger partial charge in [0, 0.05) is 13.1 Å². The summed E-state index contributed by atoms with van der Waals surface area (Å²) in [7, 11) is 0. The summed E-state index contributed by atoms with van der Waals surface area (Å²) in [4.78, 5) is 2.59. The zero-order chi connectivity index (χ0) is 7.19. The van der Waals surface area contributed by atoms with Crippen LogP contribution < -0.4 is 0 Å². The van der Waals surface area contributed by atoms with E-state index in [1.165, 1.54) is 32.5 Å². The minimum absolute atomic E-state index is 0.732. The number of hydrogen-bond donors (Lipinski definition) is 0. The Bertz CT molecular complexity index is 144. The zero-order valence-electron chi connectivity index (χ0n) is 7.06. The predicted octanol–water partition coefficient (Wildman–Crippen LogP) is 1.74. The summed E-state index contributed by atoms with van der Waals surface area (Å²) in [6.07, 6.45) is 2.97. The maximum absolute atomic E-state index is 2.59. The highest BCUT2D eigenvalue weighted by Crippen LogP contribution is 2.51. The molecule has 0 aromatic rings. The SMILES string of the molecule is CCN1CC2CCC2(C)C1. The van der Waals surface area contributed by atoms with Crippen LogP contribution in [0.4, 0.5) is 0 Å². The lowest BCUT2D eigenvalue weighted by Gasteiger charge is -2.40. The van der Waals surface area contributed by atoms with Crippen LogP contribution in [0.2, 0.25) is 0 Å². The van der Waals surface area contributed by atoms with E-state index in [9.17, 15) is 0 Å². The van der Waals surface area contributed by atoms with Crippen molar-refractivity contribution in [2.75, 3.05) is 19.6 Å². The number of fused-ring (bicyclic) bond motifs is 1. The van der Waals surface area contributed by atoms with E-state index in [0.717, 1.165) is 11.3 Å². The number of hydrogen-bond acceptors (Lipinski definition) is 1. The Labute approximate surface area is 63.4 Å². The van der Waals surface area contributed by atoms with Gasteiger partial charge in [-0.25, -0.2) is 0 Å². The van der Waals surface area contributed by atoms with Gasteiger partial charge in [-0.1, -0.05) is 13.8 Å². The van der Waals surface area contributed by atoms with E-state index in [4.69, 9.17) is 0 Å². The summed E-state index contributed by atoms with van der Waals surface area (Å²) in [6, 6.07) is 0. The molecular weight excluding hydrogens is 122 g/mol. The normalized spacial score (nSPS) is 46.8. The highest BCUT2D eigenvalue weighted by molar-refractivity contribution is 5.00. The lowest BCUT2D eigenvalue weighted by atomic mass is 9.64. The Balaban J connectivity index is 2.02. The average Bonchev–Trinajstić information content (AvgIpc) is 2.13. The Morgan fingerprint density at radius 1 is 1.60 bits per heavy atom. The van der Waals surface area contributed by atoms with Gasteiger partial charge >= 0.3 is 0 Å². The van der Waals surface area contributed by atoms with E-state index in [1.807, 2.05) is 0 Å². The molecule has 0 spiro atoms. The van der Waals surface area contributed by atoms with Gasteiger partial charge in [-0.2, -0.15) is 0 Å². The van der Waals surface area contributed by atoms with Gasteiger partial charge in [0.1, 0.15) is 0 Å². The fourth-order valence-corrected chi connectivity index (χ4v) is 2.49. The summed E-state index contributed by atoms with van der Waals surface area (Å²) < 4.78 is 0. The second kappa shape index (κ2) is 1.97. The molecule has 0 radical (unpaired) electrons. The molecule has 1 saturated heterocycles. The first-order valence-corrected chi connectivity index (χ1v) is 4.47. The maximum atomic E-state index is 2.59. The average molecular weight is 139 g/mol. The maximum Gasteiger partial charge on any atom is 0.00385 e. The molecule has 1 saturated carbocycles. The van der Waals surface area contributed by atoms with Crippen LogP contribution in [0.15, 0.2) is 0 Å². The Hall–Kier alpha value is -0.0400. The highest BCUT2D eigenvalue weighted by atomic mass is 15.2. The standard InChI is InChI=1S/C9H17N/c1-3-10-6-8-4-5-9(8,2)7-10/h8H,3-7H2,1-2H3.